The maximum Gasteiger partial charge on any atom is 0.358 e. The van der Waals surface area contributed by atoms with Gasteiger partial charge in [0.25, 0.3) is 0 Å². The molecule has 0 atom stereocenters. The average molecular weight is 416 g/mol. The number of thiazole rings is 2. The fraction of sp³-hybridized carbons (Fsp3) is 0.222. The summed E-state index contributed by atoms with van der Waals surface area (Å²) in [6, 6.07) is 0. The Hall–Kier alpha value is -0.350. The molecule has 0 radical (unpaired) electrons. The standard InChI is InChI=1S/C5H4BrNO2S.C4H4BrNOS/c1-9-5(8)3-4(6)10-2-7-3;5-4-3(1-7)6-2-8-4/h2H,1H3;2,7H,1H2. The fourth-order valence-electron chi connectivity index (χ4n) is 0.820. The van der Waals surface area contributed by atoms with E-state index in [4.69, 9.17) is 5.11 Å². The lowest BCUT2D eigenvalue weighted by Gasteiger charge is -1.92. The van der Waals surface area contributed by atoms with Crippen LogP contribution in [0, 0.1) is 0 Å². The lowest BCUT2D eigenvalue weighted by molar-refractivity contribution is 0.0594. The van der Waals surface area contributed by atoms with E-state index in [2.05, 4.69) is 46.6 Å². The van der Waals surface area contributed by atoms with Gasteiger partial charge in [0.05, 0.1) is 34.2 Å². The molecule has 0 amide bonds. The number of halogens is 2. The van der Waals surface area contributed by atoms with Gasteiger partial charge in [0.1, 0.15) is 3.79 Å². The average Bonchev–Trinajstić information content (AvgIpc) is 2.97. The van der Waals surface area contributed by atoms with E-state index in [9.17, 15) is 4.79 Å². The maximum atomic E-state index is 10.8. The highest BCUT2D eigenvalue weighted by Gasteiger charge is 2.11. The van der Waals surface area contributed by atoms with E-state index in [1.54, 1.807) is 11.0 Å². The second-order valence-electron chi connectivity index (χ2n) is 2.70. The molecule has 0 aliphatic carbocycles. The van der Waals surface area contributed by atoms with Crippen molar-refractivity contribution in [2.75, 3.05) is 7.11 Å². The molecule has 0 saturated heterocycles. The highest BCUT2D eigenvalue weighted by molar-refractivity contribution is 9.11. The van der Waals surface area contributed by atoms with Crippen molar-refractivity contribution in [1.29, 1.82) is 0 Å². The van der Waals surface area contributed by atoms with Gasteiger partial charge >= 0.3 is 5.97 Å². The van der Waals surface area contributed by atoms with Crippen LogP contribution in [0.15, 0.2) is 18.6 Å². The highest BCUT2D eigenvalue weighted by Crippen LogP contribution is 2.20. The summed E-state index contributed by atoms with van der Waals surface area (Å²) in [7, 11) is 1.33. The van der Waals surface area contributed by atoms with Crippen LogP contribution < -0.4 is 0 Å². The first kappa shape index (κ1) is 15.7. The molecule has 0 bridgehead atoms. The summed E-state index contributed by atoms with van der Waals surface area (Å²) in [5.74, 6) is -0.409. The SMILES string of the molecule is COC(=O)c1ncsc1Br.OCc1ncsc1Br. The Labute approximate surface area is 128 Å². The summed E-state index contributed by atoms with van der Waals surface area (Å²) in [5.41, 5.74) is 4.33. The van der Waals surface area contributed by atoms with E-state index in [0.717, 1.165) is 9.48 Å². The van der Waals surface area contributed by atoms with E-state index in [1.807, 2.05) is 0 Å². The fourth-order valence-corrected chi connectivity index (χ4v) is 2.84. The van der Waals surface area contributed by atoms with Crippen LogP contribution in [0.4, 0.5) is 0 Å². The Morgan fingerprint density at radius 3 is 2.28 bits per heavy atom. The molecule has 0 fully saturated rings. The van der Waals surface area contributed by atoms with Gasteiger partial charge in [0.15, 0.2) is 5.69 Å². The molecule has 2 heterocycles. The minimum atomic E-state index is -0.409. The van der Waals surface area contributed by atoms with Gasteiger partial charge in [-0.3, -0.25) is 0 Å². The third-order valence-electron chi connectivity index (χ3n) is 1.64. The third-order valence-corrected chi connectivity index (χ3v) is 4.86. The predicted molar refractivity (Wildman–Crippen MR) is 76.9 cm³/mol. The Balaban J connectivity index is 0.000000184. The molecule has 2 aromatic rings. The van der Waals surface area contributed by atoms with Gasteiger partial charge in [-0.05, 0) is 31.9 Å². The first-order valence-corrected chi connectivity index (χ1v) is 7.80. The summed E-state index contributed by atoms with van der Waals surface area (Å²) in [5, 5.41) is 8.52. The van der Waals surface area contributed by atoms with Gasteiger partial charge in [-0.15, -0.1) is 22.7 Å². The number of carbonyl (C=O) groups is 1. The van der Waals surface area contributed by atoms with Crippen molar-refractivity contribution >= 4 is 60.5 Å². The second kappa shape index (κ2) is 7.95. The molecule has 2 rings (SSSR count). The van der Waals surface area contributed by atoms with Crippen molar-refractivity contribution in [1.82, 2.24) is 9.97 Å². The topological polar surface area (TPSA) is 72.3 Å². The van der Waals surface area contributed by atoms with Crippen LogP contribution in [0.25, 0.3) is 0 Å². The lowest BCUT2D eigenvalue weighted by Crippen LogP contribution is -2.01. The molecule has 0 spiro atoms. The number of hydrogen-bond donors (Lipinski definition) is 1. The second-order valence-corrected chi connectivity index (χ2v) is 7.04. The summed E-state index contributed by atoms with van der Waals surface area (Å²) >= 11 is 9.21. The Morgan fingerprint density at radius 2 is 1.94 bits per heavy atom. The van der Waals surface area contributed by atoms with Crippen LogP contribution in [0.1, 0.15) is 16.2 Å². The van der Waals surface area contributed by atoms with Crippen LogP contribution >= 0.6 is 54.5 Å². The smallest absolute Gasteiger partial charge is 0.358 e. The number of carbonyl (C=O) groups excluding carboxylic acids is 1. The van der Waals surface area contributed by atoms with E-state index in [-0.39, 0.29) is 6.61 Å². The Bertz CT molecular complexity index is 515. The number of aliphatic hydroxyl groups excluding tert-OH is 1. The Kier molecular flexibility index (Phi) is 6.94. The monoisotopic (exact) mass is 414 g/mol. The Morgan fingerprint density at radius 1 is 1.33 bits per heavy atom. The lowest BCUT2D eigenvalue weighted by atomic mass is 10.5. The quantitative estimate of drug-likeness (QED) is 0.763. The molecule has 0 aliphatic rings. The summed E-state index contributed by atoms with van der Waals surface area (Å²) < 4.78 is 6.08. The number of aromatic nitrogens is 2. The molecular formula is C9H8Br2N2O3S2. The number of rotatable bonds is 2. The number of ether oxygens (including phenoxy) is 1. The normalized spacial score (nSPS) is 9.56. The molecule has 0 aliphatic heterocycles. The molecular weight excluding hydrogens is 408 g/mol. The zero-order valence-corrected chi connectivity index (χ0v) is 13.9. The zero-order valence-electron chi connectivity index (χ0n) is 9.09. The first-order valence-electron chi connectivity index (χ1n) is 4.46. The predicted octanol–water partition coefficient (Wildman–Crippen LogP) is 3.09. The third kappa shape index (κ3) is 4.39. The zero-order chi connectivity index (χ0) is 13.5. The van der Waals surface area contributed by atoms with Crippen LogP contribution in [0.5, 0.6) is 0 Å². The van der Waals surface area contributed by atoms with Crippen molar-refractivity contribution in [3.8, 4) is 0 Å². The number of esters is 1. The van der Waals surface area contributed by atoms with Gasteiger partial charge in [-0.2, -0.15) is 0 Å². The molecule has 0 unspecified atom stereocenters. The van der Waals surface area contributed by atoms with E-state index in [1.165, 1.54) is 29.8 Å². The van der Waals surface area contributed by atoms with Crippen LogP contribution in [-0.4, -0.2) is 28.2 Å². The number of aliphatic hydroxyl groups is 1. The molecule has 5 nitrogen and oxygen atoms in total. The van der Waals surface area contributed by atoms with Crippen molar-refractivity contribution < 1.29 is 14.6 Å². The van der Waals surface area contributed by atoms with Crippen molar-refractivity contribution in [2.24, 2.45) is 0 Å². The van der Waals surface area contributed by atoms with E-state index < -0.39 is 5.97 Å². The minimum Gasteiger partial charge on any atom is -0.464 e. The van der Waals surface area contributed by atoms with Crippen molar-refractivity contribution in [3.63, 3.8) is 0 Å². The summed E-state index contributed by atoms with van der Waals surface area (Å²) in [6.07, 6.45) is 0. The first-order chi connectivity index (χ1) is 8.60. The van der Waals surface area contributed by atoms with E-state index in [0.29, 0.717) is 9.48 Å². The molecule has 0 aromatic carbocycles. The van der Waals surface area contributed by atoms with E-state index >= 15 is 0 Å². The summed E-state index contributed by atoms with van der Waals surface area (Å²) in [4.78, 5) is 18.4. The van der Waals surface area contributed by atoms with Gasteiger partial charge < -0.3 is 9.84 Å². The van der Waals surface area contributed by atoms with Gasteiger partial charge in [0, 0.05) is 0 Å². The van der Waals surface area contributed by atoms with Gasteiger partial charge in [0.2, 0.25) is 0 Å². The van der Waals surface area contributed by atoms with Crippen LogP contribution in [0.2, 0.25) is 0 Å². The largest absolute Gasteiger partial charge is 0.464 e. The molecule has 9 heteroatoms. The molecule has 98 valence electrons. The summed E-state index contributed by atoms with van der Waals surface area (Å²) in [6.45, 7) is 0.0179. The van der Waals surface area contributed by atoms with Gasteiger partial charge in [-0.25, -0.2) is 14.8 Å². The maximum absolute atomic E-state index is 10.8. The number of nitrogens with zero attached hydrogens (tertiary/aromatic N) is 2. The minimum absolute atomic E-state index is 0.0179. The molecule has 2 aromatic heterocycles. The van der Waals surface area contributed by atoms with Gasteiger partial charge in [-0.1, -0.05) is 0 Å². The molecule has 18 heavy (non-hydrogen) atoms. The van der Waals surface area contributed by atoms with Crippen LogP contribution in [-0.2, 0) is 11.3 Å². The van der Waals surface area contributed by atoms with Crippen LogP contribution in [0.3, 0.4) is 0 Å². The molecule has 0 saturated carbocycles. The molecule has 1 N–H and O–H groups in total. The number of hydrogen-bond acceptors (Lipinski definition) is 7. The van der Waals surface area contributed by atoms with Crippen molar-refractivity contribution in [3.05, 3.63) is 30.0 Å². The number of methoxy groups -OCH3 is 1. The highest BCUT2D eigenvalue weighted by atomic mass is 79.9. The van der Waals surface area contributed by atoms with Crippen molar-refractivity contribution in [2.45, 2.75) is 6.61 Å².